The van der Waals surface area contributed by atoms with E-state index in [1.54, 1.807) is 28.3 Å². The molecule has 3 aromatic rings. The van der Waals surface area contributed by atoms with Crippen molar-refractivity contribution in [1.29, 1.82) is 0 Å². The lowest BCUT2D eigenvalue weighted by atomic mass is 10.1. The summed E-state index contributed by atoms with van der Waals surface area (Å²) in [6, 6.07) is 11.3. The molecule has 128 valence electrons. The van der Waals surface area contributed by atoms with Gasteiger partial charge in [0.2, 0.25) is 0 Å². The number of benzene rings is 1. The third kappa shape index (κ3) is 3.55. The minimum atomic E-state index is -0.312. The minimum Gasteiger partial charge on any atom is -0.328 e. The second kappa shape index (κ2) is 6.54. The molecule has 0 saturated heterocycles. The first kappa shape index (κ1) is 16.2. The molecule has 2 heterocycles. The molecule has 4 rings (SSSR count). The maximum atomic E-state index is 12.5. The molecule has 0 radical (unpaired) electrons. The molecule has 0 unspecified atom stereocenters. The first-order chi connectivity index (χ1) is 12.1. The topological polar surface area (TPSA) is 59.0 Å². The summed E-state index contributed by atoms with van der Waals surface area (Å²) in [5, 5.41) is 15.1. The van der Waals surface area contributed by atoms with E-state index in [9.17, 15) is 4.79 Å². The fourth-order valence-corrected chi connectivity index (χ4v) is 3.73. The van der Waals surface area contributed by atoms with E-state index in [0.29, 0.717) is 17.4 Å². The Labute approximate surface area is 154 Å². The third-order valence-electron chi connectivity index (χ3n) is 4.35. The number of rotatable bonds is 5. The van der Waals surface area contributed by atoms with Gasteiger partial charge in [-0.1, -0.05) is 23.7 Å². The summed E-state index contributed by atoms with van der Waals surface area (Å²) >= 11 is 7.72. The monoisotopic (exact) mass is 372 g/mol. The number of halogens is 1. The summed E-state index contributed by atoms with van der Waals surface area (Å²) in [4.78, 5) is 12.5. The number of thiophene rings is 1. The molecule has 5 nitrogen and oxygen atoms in total. The van der Waals surface area contributed by atoms with E-state index in [0.717, 1.165) is 24.0 Å². The highest BCUT2D eigenvalue weighted by Crippen LogP contribution is 2.46. The van der Waals surface area contributed by atoms with E-state index < -0.39 is 0 Å². The zero-order valence-electron chi connectivity index (χ0n) is 13.4. The van der Waals surface area contributed by atoms with Crippen LogP contribution in [0.3, 0.4) is 0 Å². The van der Waals surface area contributed by atoms with Crippen LogP contribution in [0.25, 0.3) is 0 Å². The lowest BCUT2D eigenvalue weighted by Crippen LogP contribution is -2.38. The van der Waals surface area contributed by atoms with Gasteiger partial charge in [-0.15, -0.1) is 0 Å². The average molecular weight is 373 g/mol. The quantitative estimate of drug-likeness (QED) is 0.694. The van der Waals surface area contributed by atoms with Crippen molar-refractivity contribution >= 4 is 34.8 Å². The number of nitrogens with zero attached hydrogens (tertiary/aromatic N) is 2. The molecule has 1 fully saturated rings. The Morgan fingerprint density at radius 3 is 2.92 bits per heavy atom. The van der Waals surface area contributed by atoms with E-state index in [-0.39, 0.29) is 11.6 Å². The number of nitrogens with one attached hydrogen (secondary N) is 2. The lowest BCUT2D eigenvalue weighted by Gasteiger charge is -2.19. The van der Waals surface area contributed by atoms with Crippen molar-refractivity contribution in [3.05, 3.63) is 69.5 Å². The number of amides is 2. The van der Waals surface area contributed by atoms with Crippen molar-refractivity contribution in [2.75, 3.05) is 5.32 Å². The Hall–Kier alpha value is -2.31. The van der Waals surface area contributed by atoms with Gasteiger partial charge in [0.25, 0.3) is 0 Å². The van der Waals surface area contributed by atoms with Crippen LogP contribution in [0.4, 0.5) is 10.6 Å². The van der Waals surface area contributed by atoms with Gasteiger partial charge < -0.3 is 5.32 Å². The SMILES string of the molecule is O=C(Nc1ccnn1Cc1ccsc1)NC1(c2cccc(Cl)c2)CC1. The number of anilines is 1. The molecule has 7 heteroatoms. The van der Waals surface area contributed by atoms with Crippen LogP contribution in [0, 0.1) is 0 Å². The van der Waals surface area contributed by atoms with Crippen molar-refractivity contribution in [1.82, 2.24) is 15.1 Å². The van der Waals surface area contributed by atoms with Gasteiger partial charge >= 0.3 is 6.03 Å². The van der Waals surface area contributed by atoms with Crippen LogP contribution in [0.15, 0.2) is 53.4 Å². The summed E-state index contributed by atoms with van der Waals surface area (Å²) in [7, 11) is 0. The first-order valence-corrected chi connectivity index (χ1v) is 9.35. The Kier molecular flexibility index (Phi) is 4.23. The molecule has 1 saturated carbocycles. The Morgan fingerprint density at radius 2 is 2.20 bits per heavy atom. The normalized spacial score (nSPS) is 14.9. The predicted molar refractivity (Wildman–Crippen MR) is 100 cm³/mol. The van der Waals surface area contributed by atoms with Gasteiger partial charge in [-0.05, 0) is 52.9 Å². The van der Waals surface area contributed by atoms with Gasteiger partial charge in [0.05, 0.1) is 18.3 Å². The second-order valence-electron chi connectivity index (χ2n) is 6.18. The molecule has 0 aliphatic heterocycles. The highest BCUT2D eigenvalue weighted by molar-refractivity contribution is 7.07. The molecule has 2 amide bonds. The predicted octanol–water partition coefficient (Wildman–Crippen LogP) is 4.46. The van der Waals surface area contributed by atoms with Crippen LogP contribution in [-0.4, -0.2) is 15.8 Å². The molecule has 0 spiro atoms. The number of carbonyl (C=O) groups is 1. The first-order valence-electron chi connectivity index (χ1n) is 8.03. The summed E-state index contributed by atoms with van der Waals surface area (Å²) < 4.78 is 1.78. The minimum absolute atomic E-state index is 0.232. The van der Waals surface area contributed by atoms with Crippen molar-refractivity contribution in [2.45, 2.75) is 24.9 Å². The van der Waals surface area contributed by atoms with Crippen molar-refractivity contribution < 1.29 is 4.79 Å². The van der Waals surface area contributed by atoms with E-state index >= 15 is 0 Å². The zero-order valence-corrected chi connectivity index (χ0v) is 15.0. The smallest absolute Gasteiger partial charge is 0.321 e. The summed E-state index contributed by atoms with van der Waals surface area (Å²) in [6.07, 6.45) is 3.51. The van der Waals surface area contributed by atoms with Gasteiger partial charge in [-0.25, -0.2) is 9.48 Å². The van der Waals surface area contributed by atoms with E-state index in [4.69, 9.17) is 11.6 Å². The van der Waals surface area contributed by atoms with Gasteiger partial charge in [0.1, 0.15) is 5.82 Å². The molecular weight excluding hydrogens is 356 g/mol. The Balaban J connectivity index is 1.44. The molecule has 2 aromatic heterocycles. The maximum absolute atomic E-state index is 12.5. The van der Waals surface area contributed by atoms with Gasteiger partial charge in [0.15, 0.2) is 0 Å². The number of carbonyl (C=O) groups excluding carboxylic acids is 1. The summed E-state index contributed by atoms with van der Waals surface area (Å²) in [6.45, 7) is 0.631. The second-order valence-corrected chi connectivity index (χ2v) is 7.39. The van der Waals surface area contributed by atoms with Crippen molar-refractivity contribution in [2.24, 2.45) is 0 Å². The molecule has 2 N–H and O–H groups in total. The van der Waals surface area contributed by atoms with E-state index in [1.807, 2.05) is 29.6 Å². The van der Waals surface area contributed by atoms with Crippen LogP contribution in [-0.2, 0) is 12.1 Å². The van der Waals surface area contributed by atoms with Gasteiger partial charge in [-0.2, -0.15) is 16.4 Å². The van der Waals surface area contributed by atoms with Crippen LogP contribution < -0.4 is 10.6 Å². The molecule has 1 aromatic carbocycles. The molecule has 0 atom stereocenters. The van der Waals surface area contributed by atoms with E-state index in [1.165, 1.54) is 0 Å². The van der Waals surface area contributed by atoms with Crippen LogP contribution in [0.1, 0.15) is 24.0 Å². The molecule has 1 aliphatic rings. The van der Waals surface area contributed by atoms with Gasteiger partial charge in [-0.3, -0.25) is 5.32 Å². The standard InChI is InChI=1S/C18H17ClN4OS/c19-15-3-1-2-14(10-15)18(6-7-18)22-17(24)21-16-4-8-20-23(16)11-13-5-9-25-12-13/h1-5,8-10,12H,6-7,11H2,(H2,21,22,24). The zero-order chi connectivity index (χ0) is 17.3. The summed E-state index contributed by atoms with van der Waals surface area (Å²) in [5.74, 6) is 0.672. The van der Waals surface area contributed by atoms with Crippen LogP contribution in [0.2, 0.25) is 5.02 Å². The van der Waals surface area contributed by atoms with Crippen LogP contribution in [0.5, 0.6) is 0 Å². The highest BCUT2D eigenvalue weighted by atomic mass is 35.5. The largest absolute Gasteiger partial charge is 0.328 e. The Morgan fingerprint density at radius 1 is 1.32 bits per heavy atom. The number of urea groups is 1. The van der Waals surface area contributed by atoms with E-state index in [2.05, 4.69) is 27.2 Å². The number of aromatic nitrogens is 2. The van der Waals surface area contributed by atoms with Gasteiger partial charge in [0, 0.05) is 11.1 Å². The average Bonchev–Trinajstić information content (AvgIpc) is 2.98. The fraction of sp³-hybridized carbons (Fsp3) is 0.222. The van der Waals surface area contributed by atoms with Crippen LogP contribution >= 0.6 is 22.9 Å². The summed E-state index contributed by atoms with van der Waals surface area (Å²) in [5.41, 5.74) is 1.89. The van der Waals surface area contributed by atoms with Crippen molar-refractivity contribution in [3.63, 3.8) is 0 Å². The molecule has 0 bridgehead atoms. The highest BCUT2D eigenvalue weighted by Gasteiger charge is 2.45. The lowest BCUT2D eigenvalue weighted by molar-refractivity contribution is 0.247. The molecule has 25 heavy (non-hydrogen) atoms. The third-order valence-corrected chi connectivity index (χ3v) is 5.32. The Bertz CT molecular complexity index is 886. The number of hydrogen-bond donors (Lipinski definition) is 2. The fourth-order valence-electron chi connectivity index (χ4n) is 2.88. The molecule has 1 aliphatic carbocycles. The maximum Gasteiger partial charge on any atom is 0.321 e. The van der Waals surface area contributed by atoms with Crippen molar-refractivity contribution in [3.8, 4) is 0 Å². The molecular formula is C18H17ClN4OS. The number of hydrogen-bond acceptors (Lipinski definition) is 3.